The number of hydrogen-bond donors (Lipinski definition) is 4. The molecule has 0 atom stereocenters. The summed E-state index contributed by atoms with van der Waals surface area (Å²) < 4.78 is 0. The Morgan fingerprint density at radius 2 is 0.667 bits per heavy atom. The van der Waals surface area contributed by atoms with Gasteiger partial charge in [-0.25, -0.2) is 0 Å². The van der Waals surface area contributed by atoms with E-state index in [1.165, 1.54) is 0 Å². The average molecular weight is 188 g/mol. The number of rotatable bonds is 0. The van der Waals surface area contributed by atoms with Crippen LogP contribution in [0.1, 0.15) is 0 Å². The van der Waals surface area contributed by atoms with Crippen molar-refractivity contribution in [1.29, 1.82) is 0 Å². The Morgan fingerprint density at radius 3 is 0.667 bits per heavy atom. The van der Waals surface area contributed by atoms with Crippen LogP contribution in [0.3, 0.4) is 0 Å². The van der Waals surface area contributed by atoms with E-state index in [4.69, 9.17) is 21.0 Å². The molecule has 0 bridgehead atoms. The van der Waals surface area contributed by atoms with Crippen LogP contribution in [0.4, 0.5) is 0 Å². The molecule has 0 amide bonds. The summed E-state index contributed by atoms with van der Waals surface area (Å²) >= 11 is 0. The molecule has 4 nitrogen and oxygen atoms in total. The van der Waals surface area contributed by atoms with Gasteiger partial charge in [-0.05, 0) is 0 Å². The van der Waals surface area contributed by atoms with Gasteiger partial charge in [-0.15, -0.1) is 0 Å². The van der Waals surface area contributed by atoms with E-state index in [9.17, 15) is 0 Å². The van der Waals surface area contributed by atoms with Crippen LogP contribution in [0.5, 0.6) is 0 Å². The second-order valence-corrected chi connectivity index (χ2v) is 0. The van der Waals surface area contributed by atoms with Crippen LogP contribution in [0.2, 0.25) is 0 Å². The van der Waals surface area contributed by atoms with Crippen molar-refractivity contribution in [1.82, 2.24) is 0 Å². The third-order valence-electron chi connectivity index (χ3n) is 0. The summed E-state index contributed by atoms with van der Waals surface area (Å²) in [6.07, 6.45) is 0. The van der Waals surface area contributed by atoms with Crippen LogP contribution in [0.25, 0.3) is 0 Å². The zero-order valence-corrected chi connectivity index (χ0v) is 7.02. The van der Waals surface area contributed by atoms with Crippen LogP contribution in [0.15, 0.2) is 0 Å². The van der Waals surface area contributed by atoms with Gasteiger partial charge in [-0.3, -0.25) is 21.0 Å². The van der Waals surface area contributed by atoms with Gasteiger partial charge in [0.1, 0.15) is 0 Å². The molecular weight excluding hydrogens is 184 g/mol. The van der Waals surface area contributed by atoms with Crippen molar-refractivity contribution in [3.63, 3.8) is 0 Å². The maximum absolute atomic E-state index is 6.00. The Balaban J connectivity index is -0.00000000500. The SMILES string of the molecule is OO.OO.[Mn].[Zn]. The van der Waals surface area contributed by atoms with Crippen LogP contribution >= 0.6 is 0 Å². The molecule has 6 heteroatoms. The Labute approximate surface area is 57.9 Å². The Bertz CT molecular complexity index is 7.51. The average Bonchev–Trinajstić information content (AvgIpc) is 1.50. The van der Waals surface area contributed by atoms with E-state index in [1.807, 2.05) is 0 Å². The molecule has 0 aliphatic rings. The van der Waals surface area contributed by atoms with Gasteiger partial charge in [-0.1, -0.05) is 0 Å². The number of hydrogen-bond acceptors (Lipinski definition) is 4. The van der Waals surface area contributed by atoms with Crippen LogP contribution < -0.4 is 0 Å². The summed E-state index contributed by atoms with van der Waals surface area (Å²) in [7, 11) is 0. The minimum absolute atomic E-state index is 0. The minimum Gasteiger partial charge on any atom is -0.255 e. The smallest absolute Gasteiger partial charge is 0 e. The summed E-state index contributed by atoms with van der Waals surface area (Å²) in [4.78, 5) is 0. The van der Waals surface area contributed by atoms with Gasteiger partial charge in [0.05, 0.1) is 0 Å². The molecule has 0 aliphatic carbocycles. The largest absolute Gasteiger partial charge is 0.255 e. The van der Waals surface area contributed by atoms with Crippen molar-refractivity contribution >= 4 is 0 Å². The first kappa shape index (κ1) is 28.1. The molecule has 0 saturated heterocycles. The van der Waals surface area contributed by atoms with Gasteiger partial charge in [0.25, 0.3) is 0 Å². The van der Waals surface area contributed by atoms with Gasteiger partial charge >= 0.3 is 0 Å². The molecule has 1 radical (unpaired) electrons. The normalized spacial score (nSPS) is 2.00. The van der Waals surface area contributed by atoms with Crippen molar-refractivity contribution in [2.45, 2.75) is 0 Å². The summed E-state index contributed by atoms with van der Waals surface area (Å²) in [5.74, 6) is 0. The molecule has 37 valence electrons. The molecule has 0 spiro atoms. The Kier molecular flexibility index (Phi) is 720. The first-order valence-electron chi connectivity index (χ1n) is 0.400. The Morgan fingerprint density at radius 1 is 0.667 bits per heavy atom. The molecule has 0 heterocycles. The van der Waals surface area contributed by atoms with Gasteiger partial charge in [0.2, 0.25) is 0 Å². The molecular formula is H4MnO4Zn. The monoisotopic (exact) mass is 187 g/mol. The standard InChI is InChI=1S/Mn.2H2O2.Zn/c;2*1-2;/h;2*1-2H;. The third-order valence-corrected chi connectivity index (χ3v) is 0. The molecule has 0 aromatic carbocycles. The predicted octanol–water partition coefficient (Wildman–Crippen LogP) is 0.0298. The fraction of sp³-hybridized carbons (Fsp3) is 0. The van der Waals surface area contributed by atoms with E-state index in [0.717, 1.165) is 0 Å². The Hall–Kier alpha value is 0.983. The van der Waals surface area contributed by atoms with E-state index in [-0.39, 0.29) is 36.5 Å². The van der Waals surface area contributed by atoms with E-state index in [2.05, 4.69) is 0 Å². The van der Waals surface area contributed by atoms with E-state index in [0.29, 0.717) is 0 Å². The van der Waals surface area contributed by atoms with E-state index >= 15 is 0 Å². The fourth-order valence-electron chi connectivity index (χ4n) is 0. The van der Waals surface area contributed by atoms with Crippen molar-refractivity contribution in [3.05, 3.63) is 0 Å². The van der Waals surface area contributed by atoms with Crippen LogP contribution in [0, 0.1) is 0 Å². The third kappa shape index (κ3) is 81.8. The van der Waals surface area contributed by atoms with Crippen molar-refractivity contribution in [2.75, 3.05) is 0 Å². The molecule has 0 rings (SSSR count). The van der Waals surface area contributed by atoms with Crippen LogP contribution in [-0.2, 0) is 36.5 Å². The molecule has 4 N–H and O–H groups in total. The zero-order valence-electron chi connectivity index (χ0n) is 2.87. The fourth-order valence-corrected chi connectivity index (χ4v) is 0. The molecule has 0 fully saturated rings. The molecule has 0 saturated carbocycles. The van der Waals surface area contributed by atoms with Crippen molar-refractivity contribution in [2.24, 2.45) is 0 Å². The molecule has 0 unspecified atom stereocenters. The molecule has 0 aromatic heterocycles. The summed E-state index contributed by atoms with van der Waals surface area (Å²) in [5, 5.41) is 24.0. The predicted molar refractivity (Wildman–Crippen MR) is 10.5 cm³/mol. The molecule has 6 heavy (non-hydrogen) atoms. The second kappa shape index (κ2) is 154. The van der Waals surface area contributed by atoms with E-state index in [1.54, 1.807) is 0 Å². The molecule has 0 aliphatic heterocycles. The summed E-state index contributed by atoms with van der Waals surface area (Å²) in [6.45, 7) is 0. The topological polar surface area (TPSA) is 80.9 Å². The zero-order chi connectivity index (χ0) is 4.00. The van der Waals surface area contributed by atoms with Crippen molar-refractivity contribution in [3.8, 4) is 0 Å². The second-order valence-electron chi connectivity index (χ2n) is 0. The van der Waals surface area contributed by atoms with Gasteiger partial charge in [-0.2, -0.15) is 0 Å². The molecule has 0 aromatic rings. The quantitative estimate of drug-likeness (QED) is 0.246. The first-order chi connectivity index (χ1) is 2.00. The van der Waals surface area contributed by atoms with Gasteiger partial charge in [0.15, 0.2) is 0 Å². The summed E-state index contributed by atoms with van der Waals surface area (Å²) in [6, 6.07) is 0. The maximum atomic E-state index is 6.00. The van der Waals surface area contributed by atoms with Gasteiger partial charge in [0, 0.05) is 36.5 Å². The first-order valence-corrected chi connectivity index (χ1v) is 0.400. The van der Waals surface area contributed by atoms with Crippen LogP contribution in [-0.4, -0.2) is 21.0 Å². The maximum Gasteiger partial charge on any atom is 0 e. The minimum atomic E-state index is 0. The van der Waals surface area contributed by atoms with Crippen molar-refractivity contribution < 1.29 is 57.6 Å². The van der Waals surface area contributed by atoms with Gasteiger partial charge < -0.3 is 0 Å². The van der Waals surface area contributed by atoms with E-state index < -0.39 is 0 Å². The summed E-state index contributed by atoms with van der Waals surface area (Å²) in [5.41, 5.74) is 0.